The van der Waals surface area contributed by atoms with Crippen LogP contribution in [0.1, 0.15) is 36.4 Å². The Kier molecular flexibility index (Phi) is 2.34. The number of hydrogen-bond acceptors (Lipinski definition) is 1. The van der Waals surface area contributed by atoms with Crippen LogP contribution in [0, 0.1) is 0 Å². The molecule has 0 radical (unpaired) electrons. The van der Waals surface area contributed by atoms with Crippen molar-refractivity contribution in [3.63, 3.8) is 0 Å². The van der Waals surface area contributed by atoms with Gasteiger partial charge in [-0.3, -0.25) is 0 Å². The lowest BCUT2D eigenvalue weighted by Gasteiger charge is -2.28. The molecule has 0 saturated carbocycles. The molecule has 0 bridgehead atoms. The fourth-order valence-electron chi connectivity index (χ4n) is 2.79. The van der Waals surface area contributed by atoms with Crippen LogP contribution in [0.15, 0.2) is 35.9 Å². The molecule has 1 aliphatic heterocycles. The number of fused-ring (bicyclic) bond motifs is 1. The highest BCUT2D eigenvalue weighted by atomic mass is 14.9. The Morgan fingerprint density at radius 1 is 1.13 bits per heavy atom. The maximum absolute atomic E-state index is 3.65. The maximum Gasteiger partial charge on any atom is 0.0538 e. The molecule has 3 rings (SSSR count). The van der Waals surface area contributed by atoms with E-state index in [0.29, 0.717) is 6.04 Å². The molecule has 0 aromatic heterocycles. The largest absolute Gasteiger partial charge is 0.306 e. The summed E-state index contributed by atoms with van der Waals surface area (Å²) in [5.74, 6) is 0. The van der Waals surface area contributed by atoms with E-state index in [9.17, 15) is 0 Å². The van der Waals surface area contributed by atoms with Crippen LogP contribution < -0.4 is 5.32 Å². The minimum Gasteiger partial charge on any atom is -0.306 e. The number of allylic oxidation sites excluding steroid dienone is 1. The van der Waals surface area contributed by atoms with Crippen LogP contribution in [0.3, 0.4) is 0 Å². The second-order valence-electron chi connectivity index (χ2n) is 4.51. The van der Waals surface area contributed by atoms with Crippen LogP contribution in [-0.4, -0.2) is 6.54 Å². The van der Waals surface area contributed by atoms with Crippen LogP contribution in [0.5, 0.6) is 0 Å². The lowest BCUT2D eigenvalue weighted by atomic mass is 9.89. The lowest BCUT2D eigenvalue weighted by Crippen LogP contribution is -2.30. The molecule has 1 heterocycles. The predicted octanol–water partition coefficient (Wildman–Crippen LogP) is 2.98. The molecular formula is C14H17N. The van der Waals surface area contributed by atoms with Gasteiger partial charge in [0.15, 0.2) is 0 Å². The molecule has 1 aromatic carbocycles. The first-order valence-corrected chi connectivity index (χ1v) is 5.95. The lowest BCUT2D eigenvalue weighted by molar-refractivity contribution is 0.550. The van der Waals surface area contributed by atoms with Gasteiger partial charge in [0.05, 0.1) is 6.04 Å². The molecule has 1 atom stereocenters. The normalized spacial score (nSPS) is 24.8. The second kappa shape index (κ2) is 3.82. The van der Waals surface area contributed by atoms with Crippen LogP contribution in [0.2, 0.25) is 0 Å². The number of rotatable bonds is 1. The third-order valence-electron chi connectivity index (χ3n) is 3.56. The van der Waals surface area contributed by atoms with Gasteiger partial charge in [-0.2, -0.15) is 0 Å². The van der Waals surface area contributed by atoms with Gasteiger partial charge in [0.2, 0.25) is 0 Å². The molecule has 1 aliphatic carbocycles. The van der Waals surface area contributed by atoms with Gasteiger partial charge in [-0.1, -0.05) is 35.9 Å². The highest BCUT2D eigenvalue weighted by Gasteiger charge is 2.23. The Labute approximate surface area is 91.2 Å². The average Bonchev–Trinajstić information content (AvgIpc) is 2.82. The fraction of sp³-hybridized carbons (Fsp3) is 0.429. The first kappa shape index (κ1) is 9.17. The first-order chi connectivity index (χ1) is 7.45. The Balaban J connectivity index is 1.98. The van der Waals surface area contributed by atoms with Crippen molar-refractivity contribution in [1.29, 1.82) is 0 Å². The molecule has 0 spiro atoms. The zero-order valence-electron chi connectivity index (χ0n) is 9.00. The van der Waals surface area contributed by atoms with Crippen molar-refractivity contribution < 1.29 is 0 Å². The van der Waals surface area contributed by atoms with Gasteiger partial charge in [-0.05, 0) is 36.8 Å². The molecule has 0 saturated heterocycles. The summed E-state index contributed by atoms with van der Waals surface area (Å²) in [6.07, 6.45) is 7.51. The third kappa shape index (κ3) is 1.61. The van der Waals surface area contributed by atoms with Crippen molar-refractivity contribution in [3.05, 3.63) is 47.0 Å². The molecule has 0 amide bonds. The Morgan fingerprint density at radius 3 is 2.93 bits per heavy atom. The van der Waals surface area contributed by atoms with Gasteiger partial charge in [0.1, 0.15) is 0 Å². The number of hydrogen-bond donors (Lipinski definition) is 1. The van der Waals surface area contributed by atoms with Crippen LogP contribution >= 0.6 is 0 Å². The van der Waals surface area contributed by atoms with E-state index in [-0.39, 0.29) is 0 Å². The quantitative estimate of drug-likeness (QED) is 0.686. The summed E-state index contributed by atoms with van der Waals surface area (Å²) in [7, 11) is 0. The average molecular weight is 199 g/mol. The van der Waals surface area contributed by atoms with Gasteiger partial charge in [-0.25, -0.2) is 0 Å². The predicted molar refractivity (Wildman–Crippen MR) is 62.8 cm³/mol. The van der Waals surface area contributed by atoms with Gasteiger partial charge < -0.3 is 5.32 Å². The molecular weight excluding hydrogens is 182 g/mol. The summed E-state index contributed by atoms with van der Waals surface area (Å²) in [4.78, 5) is 0. The van der Waals surface area contributed by atoms with Crippen LogP contribution in [0.25, 0.3) is 0 Å². The second-order valence-corrected chi connectivity index (χ2v) is 4.51. The van der Waals surface area contributed by atoms with Gasteiger partial charge in [0, 0.05) is 6.54 Å². The summed E-state index contributed by atoms with van der Waals surface area (Å²) >= 11 is 0. The maximum atomic E-state index is 3.65. The van der Waals surface area contributed by atoms with Gasteiger partial charge in [-0.15, -0.1) is 0 Å². The van der Waals surface area contributed by atoms with Crippen LogP contribution in [-0.2, 0) is 6.42 Å². The van der Waals surface area contributed by atoms with Crippen molar-refractivity contribution in [1.82, 2.24) is 5.32 Å². The molecule has 2 aliphatic rings. The van der Waals surface area contributed by atoms with E-state index in [1.165, 1.54) is 36.8 Å². The number of benzene rings is 1. The minimum atomic E-state index is 0.512. The summed E-state index contributed by atoms with van der Waals surface area (Å²) in [6, 6.07) is 9.39. The third-order valence-corrected chi connectivity index (χ3v) is 3.56. The van der Waals surface area contributed by atoms with E-state index >= 15 is 0 Å². The molecule has 1 nitrogen and oxygen atoms in total. The Morgan fingerprint density at radius 2 is 2.07 bits per heavy atom. The van der Waals surface area contributed by atoms with Crippen molar-refractivity contribution in [2.75, 3.05) is 6.54 Å². The molecule has 78 valence electrons. The smallest absolute Gasteiger partial charge is 0.0538 e. The van der Waals surface area contributed by atoms with Gasteiger partial charge >= 0.3 is 0 Å². The van der Waals surface area contributed by atoms with Gasteiger partial charge in [0.25, 0.3) is 0 Å². The zero-order valence-corrected chi connectivity index (χ0v) is 9.00. The Bertz CT molecular complexity index is 392. The van der Waals surface area contributed by atoms with E-state index in [2.05, 4.69) is 35.7 Å². The zero-order chi connectivity index (χ0) is 10.1. The topological polar surface area (TPSA) is 12.0 Å². The van der Waals surface area contributed by atoms with Crippen molar-refractivity contribution in [2.24, 2.45) is 0 Å². The molecule has 1 unspecified atom stereocenters. The summed E-state index contributed by atoms with van der Waals surface area (Å²) < 4.78 is 0. The SMILES string of the molecule is C1=C(C2NCCc3ccccc32)CCC1. The molecule has 0 fully saturated rings. The molecule has 15 heavy (non-hydrogen) atoms. The highest BCUT2D eigenvalue weighted by Crippen LogP contribution is 2.34. The fourth-order valence-corrected chi connectivity index (χ4v) is 2.79. The van der Waals surface area contributed by atoms with Crippen LogP contribution in [0.4, 0.5) is 0 Å². The van der Waals surface area contributed by atoms with E-state index in [0.717, 1.165) is 6.54 Å². The molecule has 1 heteroatoms. The van der Waals surface area contributed by atoms with Crippen molar-refractivity contribution >= 4 is 0 Å². The first-order valence-electron chi connectivity index (χ1n) is 5.95. The van der Waals surface area contributed by atoms with Crippen molar-refractivity contribution in [3.8, 4) is 0 Å². The monoisotopic (exact) mass is 199 g/mol. The van der Waals surface area contributed by atoms with E-state index in [4.69, 9.17) is 0 Å². The summed E-state index contributed by atoms with van der Waals surface area (Å²) in [6.45, 7) is 1.12. The minimum absolute atomic E-state index is 0.512. The Hall–Kier alpha value is -1.08. The van der Waals surface area contributed by atoms with E-state index < -0.39 is 0 Å². The van der Waals surface area contributed by atoms with E-state index in [1.807, 2.05) is 0 Å². The number of nitrogens with one attached hydrogen (secondary N) is 1. The molecule has 1 aromatic rings. The summed E-state index contributed by atoms with van der Waals surface area (Å²) in [5, 5.41) is 3.65. The summed E-state index contributed by atoms with van der Waals surface area (Å²) in [5.41, 5.74) is 4.66. The van der Waals surface area contributed by atoms with E-state index in [1.54, 1.807) is 5.57 Å². The highest BCUT2D eigenvalue weighted by molar-refractivity contribution is 5.38. The standard InChI is InChI=1S/C14H17N/c1-2-7-12(6-1)14-13-8-4-3-5-11(13)9-10-15-14/h3-6,8,14-15H,1-2,7,9-10H2. The molecule has 1 N–H and O–H groups in total. The van der Waals surface area contributed by atoms with Crippen molar-refractivity contribution in [2.45, 2.75) is 31.7 Å².